The predicted octanol–water partition coefficient (Wildman–Crippen LogP) is 2.07. The molecule has 0 unspecified atom stereocenters. The summed E-state index contributed by atoms with van der Waals surface area (Å²) < 4.78 is 0. The molecule has 0 radical (unpaired) electrons. The second-order valence-corrected chi connectivity index (χ2v) is 7.57. The van der Waals surface area contributed by atoms with Gasteiger partial charge in [-0.25, -0.2) is 4.99 Å². The molecule has 1 aliphatic rings. The Bertz CT molecular complexity index is 681. The molecule has 1 fully saturated rings. The maximum absolute atomic E-state index is 11.9. The van der Waals surface area contributed by atoms with Crippen LogP contribution >= 0.6 is 11.6 Å². The Hall–Kier alpha value is -2.05. The molecule has 1 aliphatic heterocycles. The summed E-state index contributed by atoms with van der Waals surface area (Å²) in [4.78, 5) is 22.6. The number of nitrogens with zero attached hydrogens (tertiary/aromatic N) is 4. The molecule has 1 aromatic carbocycles. The quantitative estimate of drug-likeness (QED) is 0.458. The Morgan fingerprint density at radius 1 is 1.30 bits per heavy atom. The molecule has 0 spiro atoms. The molecule has 1 N–H and O–H groups in total. The van der Waals surface area contributed by atoms with Crippen LogP contribution in [0.5, 0.6) is 0 Å². The van der Waals surface area contributed by atoms with Crippen molar-refractivity contribution in [3.8, 4) is 0 Å². The first-order valence-corrected chi connectivity index (χ1v) is 9.57. The standard InChI is InChI=1S/C20H30ClN5O/c1-16(2)13-22-20(23-14-19(27)24(3)4)26-10-8-25(9-11-26)15-17-6-5-7-18(21)12-17/h5-7,12H,1,8-11,13-15H2,2-4H3,(H,22,23). The van der Waals surface area contributed by atoms with Gasteiger partial charge in [0.05, 0.1) is 0 Å². The minimum absolute atomic E-state index is 0.00998. The van der Waals surface area contributed by atoms with Crippen molar-refractivity contribution in [1.82, 2.24) is 20.0 Å². The Morgan fingerprint density at radius 3 is 2.59 bits per heavy atom. The van der Waals surface area contributed by atoms with Crippen LogP contribution < -0.4 is 5.32 Å². The van der Waals surface area contributed by atoms with Crippen LogP contribution in [0.3, 0.4) is 0 Å². The number of halogens is 1. The van der Waals surface area contributed by atoms with Crippen molar-refractivity contribution < 1.29 is 4.79 Å². The first-order valence-electron chi connectivity index (χ1n) is 9.19. The van der Waals surface area contributed by atoms with Crippen molar-refractivity contribution in [2.45, 2.75) is 13.5 Å². The van der Waals surface area contributed by atoms with E-state index in [0.717, 1.165) is 49.3 Å². The third-order valence-electron chi connectivity index (χ3n) is 4.38. The molecule has 6 nitrogen and oxygen atoms in total. The smallest absolute Gasteiger partial charge is 0.243 e. The molecular weight excluding hydrogens is 362 g/mol. The molecule has 2 rings (SSSR count). The van der Waals surface area contributed by atoms with E-state index in [1.165, 1.54) is 5.56 Å². The number of nitrogens with one attached hydrogen (secondary N) is 1. The van der Waals surface area contributed by atoms with Gasteiger partial charge in [0.25, 0.3) is 0 Å². The number of rotatable bonds is 6. The summed E-state index contributed by atoms with van der Waals surface area (Å²) in [6, 6.07) is 8.00. The molecule has 1 aromatic rings. The zero-order valence-electron chi connectivity index (χ0n) is 16.5. The van der Waals surface area contributed by atoms with E-state index in [0.29, 0.717) is 6.54 Å². The number of carbonyl (C=O) groups excluding carboxylic acids is 1. The lowest BCUT2D eigenvalue weighted by Crippen LogP contribution is -2.52. The summed E-state index contributed by atoms with van der Waals surface area (Å²) in [7, 11) is 3.49. The van der Waals surface area contributed by atoms with Gasteiger partial charge in [-0.3, -0.25) is 9.69 Å². The molecular formula is C20H30ClN5O. The number of likely N-dealkylation sites (N-methyl/N-ethyl adjacent to an activating group) is 1. The molecule has 7 heteroatoms. The van der Waals surface area contributed by atoms with E-state index in [9.17, 15) is 4.79 Å². The van der Waals surface area contributed by atoms with Crippen LogP contribution in [0.15, 0.2) is 41.4 Å². The van der Waals surface area contributed by atoms with Crippen LogP contribution in [0.25, 0.3) is 0 Å². The molecule has 1 heterocycles. The van der Waals surface area contributed by atoms with Crippen LogP contribution in [0.4, 0.5) is 0 Å². The Morgan fingerprint density at radius 2 is 2.00 bits per heavy atom. The minimum atomic E-state index is -0.00998. The fraction of sp³-hybridized carbons (Fsp3) is 0.500. The average Bonchev–Trinajstić information content (AvgIpc) is 2.62. The van der Waals surface area contributed by atoms with Gasteiger partial charge in [0.15, 0.2) is 5.96 Å². The van der Waals surface area contributed by atoms with Gasteiger partial charge in [-0.1, -0.05) is 35.9 Å². The molecule has 0 aromatic heterocycles. The molecule has 0 atom stereocenters. The molecule has 0 bridgehead atoms. The molecule has 0 aliphatic carbocycles. The number of amides is 1. The van der Waals surface area contributed by atoms with E-state index in [4.69, 9.17) is 11.6 Å². The third-order valence-corrected chi connectivity index (χ3v) is 4.61. The van der Waals surface area contributed by atoms with Crippen LogP contribution in [0.1, 0.15) is 12.5 Å². The predicted molar refractivity (Wildman–Crippen MR) is 112 cm³/mol. The Balaban J connectivity index is 1.94. The fourth-order valence-corrected chi connectivity index (χ4v) is 3.01. The van der Waals surface area contributed by atoms with Gasteiger partial charge in [-0.15, -0.1) is 0 Å². The maximum atomic E-state index is 11.9. The van der Waals surface area contributed by atoms with Gasteiger partial charge < -0.3 is 15.1 Å². The van der Waals surface area contributed by atoms with E-state index in [2.05, 4.69) is 32.8 Å². The lowest BCUT2D eigenvalue weighted by Gasteiger charge is -2.36. The van der Waals surface area contributed by atoms with Crippen LogP contribution in [0, 0.1) is 0 Å². The summed E-state index contributed by atoms with van der Waals surface area (Å²) in [6.45, 7) is 11.2. The number of piperazine rings is 1. The molecule has 148 valence electrons. The van der Waals surface area contributed by atoms with E-state index in [1.54, 1.807) is 19.0 Å². The number of carbonyl (C=O) groups is 1. The van der Waals surface area contributed by atoms with Crippen molar-refractivity contribution in [2.24, 2.45) is 4.99 Å². The van der Waals surface area contributed by atoms with Crippen molar-refractivity contribution in [3.63, 3.8) is 0 Å². The first-order chi connectivity index (χ1) is 12.8. The summed E-state index contributed by atoms with van der Waals surface area (Å²) in [5.41, 5.74) is 2.25. The van der Waals surface area contributed by atoms with Crippen molar-refractivity contribution in [2.75, 3.05) is 53.4 Å². The number of hydrogen-bond acceptors (Lipinski definition) is 3. The van der Waals surface area contributed by atoms with Crippen LogP contribution in [-0.4, -0.2) is 79.9 Å². The highest BCUT2D eigenvalue weighted by Gasteiger charge is 2.20. The van der Waals surface area contributed by atoms with Crippen LogP contribution in [-0.2, 0) is 11.3 Å². The number of guanidine groups is 1. The Kier molecular flexibility index (Phi) is 8.13. The largest absolute Gasteiger partial charge is 0.353 e. The van der Waals surface area contributed by atoms with E-state index in [-0.39, 0.29) is 12.5 Å². The van der Waals surface area contributed by atoms with Crippen LogP contribution in [0.2, 0.25) is 5.02 Å². The lowest BCUT2D eigenvalue weighted by molar-refractivity contribution is -0.127. The minimum Gasteiger partial charge on any atom is -0.353 e. The highest BCUT2D eigenvalue weighted by Crippen LogP contribution is 2.14. The average molecular weight is 392 g/mol. The number of aliphatic imine (C=N–C) groups is 1. The maximum Gasteiger partial charge on any atom is 0.243 e. The van der Waals surface area contributed by atoms with Crippen molar-refractivity contribution >= 4 is 23.5 Å². The summed E-state index contributed by atoms with van der Waals surface area (Å²) in [6.07, 6.45) is 0. The highest BCUT2D eigenvalue weighted by atomic mass is 35.5. The molecule has 0 saturated carbocycles. The lowest BCUT2D eigenvalue weighted by atomic mass is 10.2. The van der Waals surface area contributed by atoms with Crippen molar-refractivity contribution in [1.29, 1.82) is 0 Å². The fourth-order valence-electron chi connectivity index (χ4n) is 2.79. The second kappa shape index (κ2) is 10.3. The van der Waals surface area contributed by atoms with E-state index >= 15 is 0 Å². The normalized spacial score (nSPS) is 15.6. The van der Waals surface area contributed by atoms with E-state index in [1.807, 2.05) is 25.1 Å². The SMILES string of the molecule is C=C(C)CNC(=NCC(=O)N(C)C)N1CCN(Cc2cccc(Cl)c2)CC1. The van der Waals surface area contributed by atoms with E-state index < -0.39 is 0 Å². The summed E-state index contributed by atoms with van der Waals surface area (Å²) in [5.74, 6) is 0.764. The highest BCUT2D eigenvalue weighted by molar-refractivity contribution is 6.30. The van der Waals surface area contributed by atoms with Gasteiger partial charge in [0.1, 0.15) is 6.54 Å². The number of benzene rings is 1. The van der Waals surface area contributed by atoms with Gasteiger partial charge >= 0.3 is 0 Å². The zero-order valence-corrected chi connectivity index (χ0v) is 17.3. The summed E-state index contributed by atoms with van der Waals surface area (Å²) >= 11 is 6.08. The summed E-state index contributed by atoms with van der Waals surface area (Å²) in [5, 5.41) is 4.10. The first kappa shape index (κ1) is 21.3. The zero-order chi connectivity index (χ0) is 19.8. The van der Waals surface area contributed by atoms with Gasteiger partial charge in [-0.05, 0) is 24.6 Å². The second-order valence-electron chi connectivity index (χ2n) is 7.13. The molecule has 27 heavy (non-hydrogen) atoms. The Labute approximate surface area is 167 Å². The monoisotopic (exact) mass is 391 g/mol. The van der Waals surface area contributed by atoms with Gasteiger partial charge in [-0.2, -0.15) is 0 Å². The van der Waals surface area contributed by atoms with Crippen molar-refractivity contribution in [3.05, 3.63) is 47.0 Å². The molecule has 1 saturated heterocycles. The third kappa shape index (κ3) is 7.23. The van der Waals surface area contributed by atoms with Gasteiger partial charge in [0, 0.05) is 58.4 Å². The molecule has 1 amide bonds. The topological polar surface area (TPSA) is 51.2 Å². The number of hydrogen-bond donors (Lipinski definition) is 1. The van der Waals surface area contributed by atoms with Gasteiger partial charge in [0.2, 0.25) is 5.91 Å².